The van der Waals surface area contributed by atoms with Crippen LogP contribution >= 0.6 is 0 Å². The van der Waals surface area contributed by atoms with Crippen LogP contribution in [0.5, 0.6) is 0 Å². The first-order valence-corrected chi connectivity index (χ1v) is 6.23. The molecule has 0 aromatic heterocycles. The molecule has 0 amide bonds. The van der Waals surface area contributed by atoms with E-state index in [0.717, 1.165) is 0 Å². The molecule has 0 heteroatoms. The molecule has 0 heterocycles. The van der Waals surface area contributed by atoms with E-state index in [9.17, 15) is 0 Å². The molecule has 0 bridgehead atoms. The summed E-state index contributed by atoms with van der Waals surface area (Å²) in [6, 6.07) is 0. The molecule has 0 unspecified atom stereocenters. The first kappa shape index (κ1) is 13.5. The van der Waals surface area contributed by atoms with Crippen molar-refractivity contribution in [2.45, 2.75) is 65.2 Å². The standard InChI is InChI=1S/C14H26/c1-3-5-7-9-11-13-14-12-10-8-6-4-2/h7,9,11,13H,3-6,8,10,12,14H2,1-2H3/b9-7+,13-11-. The van der Waals surface area contributed by atoms with Gasteiger partial charge in [-0.3, -0.25) is 0 Å². The zero-order valence-corrected chi connectivity index (χ0v) is 9.97. The molecule has 0 aromatic rings. The molecule has 0 aromatic carbocycles. The molecule has 0 aliphatic carbocycles. The van der Waals surface area contributed by atoms with Gasteiger partial charge in [-0.05, 0) is 19.3 Å². The summed E-state index contributed by atoms with van der Waals surface area (Å²) < 4.78 is 0. The Bertz CT molecular complexity index is 142. The maximum absolute atomic E-state index is 2.29. The van der Waals surface area contributed by atoms with Crippen molar-refractivity contribution in [1.29, 1.82) is 0 Å². The fourth-order valence-electron chi connectivity index (χ4n) is 1.38. The maximum atomic E-state index is 2.29. The zero-order valence-electron chi connectivity index (χ0n) is 9.97. The third-order valence-corrected chi connectivity index (χ3v) is 2.31. The van der Waals surface area contributed by atoms with Crippen LogP contribution in [0.1, 0.15) is 65.2 Å². The number of allylic oxidation sites excluding steroid dienone is 4. The minimum Gasteiger partial charge on any atom is -0.0846 e. The van der Waals surface area contributed by atoms with Gasteiger partial charge in [0.25, 0.3) is 0 Å². The van der Waals surface area contributed by atoms with Crippen LogP contribution in [0, 0.1) is 0 Å². The van der Waals surface area contributed by atoms with Gasteiger partial charge >= 0.3 is 0 Å². The quantitative estimate of drug-likeness (QED) is 0.347. The Morgan fingerprint density at radius 2 is 1.29 bits per heavy atom. The van der Waals surface area contributed by atoms with E-state index >= 15 is 0 Å². The first-order chi connectivity index (χ1) is 6.91. The lowest BCUT2D eigenvalue weighted by Gasteiger charge is -1.95. The second-order valence-electron chi connectivity index (χ2n) is 3.85. The van der Waals surface area contributed by atoms with Gasteiger partial charge in [0, 0.05) is 0 Å². The summed E-state index contributed by atoms with van der Waals surface area (Å²) in [5, 5.41) is 0. The Hall–Kier alpha value is -0.520. The summed E-state index contributed by atoms with van der Waals surface area (Å²) in [6.07, 6.45) is 19.5. The first-order valence-electron chi connectivity index (χ1n) is 6.23. The maximum Gasteiger partial charge on any atom is -0.0348 e. The van der Waals surface area contributed by atoms with Crippen LogP contribution in [0.25, 0.3) is 0 Å². The van der Waals surface area contributed by atoms with Crippen molar-refractivity contribution in [2.75, 3.05) is 0 Å². The van der Waals surface area contributed by atoms with Gasteiger partial charge in [0.2, 0.25) is 0 Å². The van der Waals surface area contributed by atoms with Crippen LogP contribution in [-0.4, -0.2) is 0 Å². The molecule has 0 aliphatic rings. The van der Waals surface area contributed by atoms with Crippen molar-refractivity contribution in [3.63, 3.8) is 0 Å². The molecule has 0 fully saturated rings. The monoisotopic (exact) mass is 194 g/mol. The van der Waals surface area contributed by atoms with Crippen LogP contribution in [0.15, 0.2) is 24.3 Å². The van der Waals surface area contributed by atoms with Gasteiger partial charge in [0.05, 0.1) is 0 Å². The number of unbranched alkanes of at least 4 members (excludes halogenated alkanes) is 6. The lowest BCUT2D eigenvalue weighted by molar-refractivity contribution is 0.637. The van der Waals surface area contributed by atoms with Gasteiger partial charge in [0.15, 0.2) is 0 Å². The van der Waals surface area contributed by atoms with Crippen LogP contribution in [0.3, 0.4) is 0 Å². The van der Waals surface area contributed by atoms with Crippen molar-refractivity contribution in [3.05, 3.63) is 24.3 Å². The molecule has 0 atom stereocenters. The van der Waals surface area contributed by atoms with Crippen molar-refractivity contribution in [2.24, 2.45) is 0 Å². The number of hydrogen-bond acceptors (Lipinski definition) is 0. The molecule has 0 radical (unpaired) electrons. The molecule has 82 valence electrons. The highest BCUT2D eigenvalue weighted by Gasteiger charge is 1.85. The highest BCUT2D eigenvalue weighted by Crippen LogP contribution is 2.05. The third-order valence-electron chi connectivity index (χ3n) is 2.31. The molecule has 0 aliphatic heterocycles. The van der Waals surface area contributed by atoms with Crippen LogP contribution < -0.4 is 0 Å². The van der Waals surface area contributed by atoms with Gasteiger partial charge < -0.3 is 0 Å². The largest absolute Gasteiger partial charge is 0.0846 e. The molecule has 0 rings (SSSR count). The summed E-state index contributed by atoms with van der Waals surface area (Å²) >= 11 is 0. The zero-order chi connectivity index (χ0) is 10.5. The number of hydrogen-bond donors (Lipinski definition) is 0. The SMILES string of the molecule is CCC/C=C/C=C\CCCCCCC. The smallest absolute Gasteiger partial charge is 0.0348 e. The molecule has 0 saturated carbocycles. The Labute approximate surface area is 90.1 Å². The minimum absolute atomic E-state index is 1.21. The summed E-state index contributed by atoms with van der Waals surface area (Å²) in [4.78, 5) is 0. The van der Waals surface area contributed by atoms with E-state index in [1.807, 2.05) is 0 Å². The van der Waals surface area contributed by atoms with E-state index in [0.29, 0.717) is 0 Å². The van der Waals surface area contributed by atoms with Gasteiger partial charge in [-0.2, -0.15) is 0 Å². The highest BCUT2D eigenvalue weighted by atomic mass is 13.9. The Morgan fingerprint density at radius 3 is 1.93 bits per heavy atom. The summed E-state index contributed by atoms with van der Waals surface area (Å²) in [5.74, 6) is 0. The van der Waals surface area contributed by atoms with E-state index in [1.54, 1.807) is 0 Å². The summed E-state index contributed by atoms with van der Waals surface area (Å²) in [6.45, 7) is 4.47. The van der Waals surface area contributed by atoms with Gasteiger partial charge in [-0.15, -0.1) is 0 Å². The van der Waals surface area contributed by atoms with Crippen molar-refractivity contribution < 1.29 is 0 Å². The molecule has 0 N–H and O–H groups in total. The second kappa shape index (κ2) is 12.5. The normalized spacial score (nSPS) is 11.9. The summed E-state index contributed by atoms with van der Waals surface area (Å²) in [5.41, 5.74) is 0. The van der Waals surface area contributed by atoms with E-state index in [1.165, 1.54) is 51.4 Å². The second-order valence-corrected chi connectivity index (χ2v) is 3.85. The van der Waals surface area contributed by atoms with Crippen molar-refractivity contribution in [1.82, 2.24) is 0 Å². The molecule has 14 heavy (non-hydrogen) atoms. The minimum atomic E-state index is 1.21. The molecular formula is C14H26. The number of rotatable bonds is 9. The lowest BCUT2D eigenvalue weighted by Crippen LogP contribution is -1.75. The van der Waals surface area contributed by atoms with E-state index in [-0.39, 0.29) is 0 Å². The average Bonchev–Trinajstić information content (AvgIpc) is 2.21. The predicted molar refractivity (Wildman–Crippen MR) is 66.6 cm³/mol. The van der Waals surface area contributed by atoms with Crippen LogP contribution in [0.2, 0.25) is 0 Å². The molecule has 0 spiro atoms. The Morgan fingerprint density at radius 1 is 0.643 bits per heavy atom. The third kappa shape index (κ3) is 11.5. The predicted octanol–water partition coefficient (Wildman–Crippen LogP) is 5.26. The van der Waals surface area contributed by atoms with Gasteiger partial charge in [0.1, 0.15) is 0 Å². The van der Waals surface area contributed by atoms with Gasteiger partial charge in [-0.1, -0.05) is 70.3 Å². The van der Waals surface area contributed by atoms with Crippen LogP contribution in [0.4, 0.5) is 0 Å². The van der Waals surface area contributed by atoms with E-state index in [4.69, 9.17) is 0 Å². The van der Waals surface area contributed by atoms with Crippen molar-refractivity contribution in [3.8, 4) is 0 Å². The van der Waals surface area contributed by atoms with E-state index < -0.39 is 0 Å². The molecular weight excluding hydrogens is 168 g/mol. The average molecular weight is 194 g/mol. The fraction of sp³-hybridized carbons (Fsp3) is 0.714. The summed E-state index contributed by atoms with van der Waals surface area (Å²) in [7, 11) is 0. The van der Waals surface area contributed by atoms with Crippen molar-refractivity contribution >= 4 is 0 Å². The topological polar surface area (TPSA) is 0 Å². The lowest BCUT2D eigenvalue weighted by atomic mass is 10.1. The molecule has 0 nitrogen and oxygen atoms in total. The molecule has 0 saturated heterocycles. The Kier molecular flexibility index (Phi) is 12.0. The van der Waals surface area contributed by atoms with E-state index in [2.05, 4.69) is 38.2 Å². The van der Waals surface area contributed by atoms with Gasteiger partial charge in [-0.25, -0.2) is 0 Å². The fourth-order valence-corrected chi connectivity index (χ4v) is 1.38. The Balaban J connectivity index is 3.10. The van der Waals surface area contributed by atoms with Crippen LogP contribution in [-0.2, 0) is 0 Å². The highest BCUT2D eigenvalue weighted by molar-refractivity contribution is 5.01.